The molecule has 0 unspecified atom stereocenters. The van der Waals surface area contributed by atoms with Gasteiger partial charge in [-0.3, -0.25) is 4.79 Å². The smallest absolute Gasteiger partial charge is 0.258 e. The molecule has 6 nitrogen and oxygen atoms in total. The minimum atomic E-state index is -0.292. The number of pyridine rings is 1. The number of carbonyl (C=O) groups excluding carboxylic acids is 1. The van der Waals surface area contributed by atoms with Gasteiger partial charge in [0, 0.05) is 22.4 Å². The molecule has 116 valence electrons. The molecule has 0 fully saturated rings. The summed E-state index contributed by atoms with van der Waals surface area (Å²) in [5.41, 5.74) is 1.34. The lowest BCUT2D eigenvalue weighted by Crippen LogP contribution is -2.12. The van der Waals surface area contributed by atoms with Crippen molar-refractivity contribution in [3.05, 3.63) is 64.5 Å². The molecule has 0 spiro atoms. The van der Waals surface area contributed by atoms with Gasteiger partial charge in [0.05, 0.1) is 5.56 Å². The highest BCUT2D eigenvalue weighted by molar-refractivity contribution is 9.10. The number of aryl methyl sites for hydroxylation is 1. The van der Waals surface area contributed by atoms with Crippen molar-refractivity contribution in [3.63, 3.8) is 0 Å². The third-order valence-electron chi connectivity index (χ3n) is 2.99. The highest BCUT2D eigenvalue weighted by Gasteiger charge is 2.09. The van der Waals surface area contributed by atoms with E-state index >= 15 is 0 Å². The van der Waals surface area contributed by atoms with Gasteiger partial charge in [0.25, 0.3) is 5.91 Å². The van der Waals surface area contributed by atoms with Crippen LogP contribution in [-0.4, -0.2) is 16.0 Å². The van der Waals surface area contributed by atoms with E-state index in [0.29, 0.717) is 23.0 Å². The number of benzene rings is 1. The highest BCUT2D eigenvalue weighted by Crippen LogP contribution is 2.19. The molecule has 0 aliphatic carbocycles. The van der Waals surface area contributed by atoms with Crippen LogP contribution >= 0.6 is 15.9 Å². The Kier molecular flexibility index (Phi) is 4.38. The average molecular weight is 373 g/mol. The van der Waals surface area contributed by atoms with Crippen molar-refractivity contribution in [1.29, 1.82) is 0 Å². The second-order valence-corrected chi connectivity index (χ2v) is 5.76. The van der Waals surface area contributed by atoms with Crippen molar-refractivity contribution < 1.29 is 9.32 Å². The van der Waals surface area contributed by atoms with Crippen LogP contribution in [0.2, 0.25) is 0 Å². The molecule has 0 aliphatic rings. The Morgan fingerprint density at radius 1 is 1.17 bits per heavy atom. The minimum absolute atomic E-state index is 0.292. The number of halogens is 1. The fourth-order valence-electron chi connectivity index (χ4n) is 1.93. The Morgan fingerprint density at radius 2 is 2.04 bits per heavy atom. The van der Waals surface area contributed by atoms with Crippen LogP contribution in [0.4, 0.5) is 17.3 Å². The van der Waals surface area contributed by atoms with Crippen LogP contribution in [0.3, 0.4) is 0 Å². The summed E-state index contributed by atoms with van der Waals surface area (Å²) >= 11 is 3.41. The zero-order chi connectivity index (χ0) is 16.2. The number of hydrogen-bond donors (Lipinski definition) is 2. The van der Waals surface area contributed by atoms with Crippen LogP contribution in [0.25, 0.3) is 0 Å². The van der Waals surface area contributed by atoms with Gasteiger partial charge in [0.1, 0.15) is 11.6 Å². The lowest BCUT2D eigenvalue weighted by atomic mass is 10.2. The van der Waals surface area contributed by atoms with E-state index in [1.165, 1.54) is 6.20 Å². The van der Waals surface area contributed by atoms with Crippen LogP contribution in [0.5, 0.6) is 0 Å². The van der Waals surface area contributed by atoms with Gasteiger partial charge in [-0.2, -0.15) is 0 Å². The fourth-order valence-corrected chi connectivity index (χ4v) is 2.33. The first kappa shape index (κ1) is 15.2. The minimum Gasteiger partial charge on any atom is -0.360 e. The topological polar surface area (TPSA) is 80.0 Å². The summed E-state index contributed by atoms with van der Waals surface area (Å²) < 4.78 is 5.88. The molecule has 2 heterocycles. The zero-order valence-electron chi connectivity index (χ0n) is 12.2. The van der Waals surface area contributed by atoms with Crippen molar-refractivity contribution in [2.45, 2.75) is 6.92 Å². The monoisotopic (exact) mass is 372 g/mol. The molecule has 2 aromatic heterocycles. The van der Waals surface area contributed by atoms with Crippen LogP contribution in [-0.2, 0) is 0 Å². The molecule has 0 atom stereocenters. The number of carbonyl (C=O) groups is 1. The van der Waals surface area contributed by atoms with Gasteiger partial charge in [-0.05, 0) is 37.3 Å². The molecule has 0 saturated heterocycles. The van der Waals surface area contributed by atoms with E-state index in [1.807, 2.05) is 24.3 Å². The molecular formula is C16H13BrN4O2. The first-order valence-corrected chi connectivity index (χ1v) is 7.63. The highest BCUT2D eigenvalue weighted by atomic mass is 79.9. The van der Waals surface area contributed by atoms with Gasteiger partial charge in [0.2, 0.25) is 0 Å². The maximum atomic E-state index is 12.1. The molecule has 0 bridgehead atoms. The molecular weight excluding hydrogens is 360 g/mol. The maximum Gasteiger partial charge on any atom is 0.258 e. The van der Waals surface area contributed by atoms with Gasteiger partial charge in [-0.1, -0.05) is 27.2 Å². The van der Waals surface area contributed by atoms with Crippen LogP contribution in [0, 0.1) is 6.92 Å². The quantitative estimate of drug-likeness (QED) is 0.719. The Bertz CT molecular complexity index is 830. The van der Waals surface area contributed by atoms with Gasteiger partial charge < -0.3 is 15.2 Å². The molecule has 0 saturated carbocycles. The fraction of sp³-hybridized carbons (Fsp3) is 0.0625. The van der Waals surface area contributed by atoms with E-state index in [2.05, 4.69) is 36.7 Å². The maximum absolute atomic E-state index is 12.1. The standard InChI is InChI=1S/C16H13BrN4O2/c1-10-7-15(21-23-10)20-16(22)11-5-6-14(18-9-11)19-13-4-2-3-12(17)8-13/h2-9H,1H3,(H,18,19)(H,20,21,22). The van der Waals surface area contributed by atoms with Crippen molar-refractivity contribution in [1.82, 2.24) is 10.1 Å². The number of nitrogens with one attached hydrogen (secondary N) is 2. The lowest BCUT2D eigenvalue weighted by molar-refractivity contribution is 0.102. The van der Waals surface area contributed by atoms with E-state index in [1.54, 1.807) is 25.1 Å². The van der Waals surface area contributed by atoms with Gasteiger partial charge in [0.15, 0.2) is 5.82 Å². The molecule has 0 radical (unpaired) electrons. The van der Waals surface area contributed by atoms with E-state index in [-0.39, 0.29) is 5.91 Å². The second kappa shape index (κ2) is 6.62. The largest absolute Gasteiger partial charge is 0.360 e. The van der Waals surface area contributed by atoms with Crippen molar-refractivity contribution in [2.24, 2.45) is 0 Å². The number of amides is 1. The molecule has 2 N–H and O–H groups in total. The van der Waals surface area contributed by atoms with Gasteiger partial charge in [-0.25, -0.2) is 4.98 Å². The number of hydrogen-bond acceptors (Lipinski definition) is 5. The first-order valence-electron chi connectivity index (χ1n) is 6.83. The van der Waals surface area contributed by atoms with Crippen LogP contribution < -0.4 is 10.6 Å². The Labute approximate surface area is 141 Å². The number of aromatic nitrogens is 2. The molecule has 3 rings (SSSR count). The van der Waals surface area contributed by atoms with Crippen molar-refractivity contribution in [3.8, 4) is 0 Å². The van der Waals surface area contributed by atoms with Crippen LogP contribution in [0.1, 0.15) is 16.1 Å². The summed E-state index contributed by atoms with van der Waals surface area (Å²) in [6.07, 6.45) is 1.50. The summed E-state index contributed by atoms with van der Waals surface area (Å²) in [6, 6.07) is 12.8. The molecule has 3 aromatic rings. The first-order chi connectivity index (χ1) is 11.1. The zero-order valence-corrected chi connectivity index (χ0v) is 13.8. The molecule has 0 aliphatic heterocycles. The Hall–Kier alpha value is -2.67. The average Bonchev–Trinajstić information content (AvgIpc) is 2.93. The van der Waals surface area contributed by atoms with E-state index in [0.717, 1.165) is 10.2 Å². The Balaban J connectivity index is 1.68. The third kappa shape index (κ3) is 3.95. The predicted octanol–water partition coefficient (Wildman–Crippen LogP) is 4.14. The van der Waals surface area contributed by atoms with Crippen molar-refractivity contribution >= 4 is 39.2 Å². The molecule has 1 amide bonds. The van der Waals surface area contributed by atoms with Crippen LogP contribution in [0.15, 0.2) is 57.7 Å². The summed E-state index contributed by atoms with van der Waals surface area (Å²) in [4.78, 5) is 16.3. The molecule has 7 heteroatoms. The van der Waals surface area contributed by atoms with E-state index < -0.39 is 0 Å². The molecule has 23 heavy (non-hydrogen) atoms. The summed E-state index contributed by atoms with van der Waals surface area (Å²) in [7, 11) is 0. The SMILES string of the molecule is Cc1cc(NC(=O)c2ccc(Nc3cccc(Br)c3)nc2)no1. The lowest BCUT2D eigenvalue weighted by Gasteiger charge is -2.07. The summed E-state index contributed by atoms with van der Waals surface area (Å²) in [6.45, 7) is 1.76. The van der Waals surface area contributed by atoms with Gasteiger partial charge >= 0.3 is 0 Å². The summed E-state index contributed by atoms with van der Waals surface area (Å²) in [5.74, 6) is 1.37. The molecule has 1 aromatic carbocycles. The predicted molar refractivity (Wildman–Crippen MR) is 90.9 cm³/mol. The third-order valence-corrected chi connectivity index (χ3v) is 3.49. The van der Waals surface area contributed by atoms with E-state index in [4.69, 9.17) is 4.52 Å². The normalized spacial score (nSPS) is 10.3. The van der Waals surface area contributed by atoms with Crippen molar-refractivity contribution in [2.75, 3.05) is 10.6 Å². The number of rotatable bonds is 4. The Morgan fingerprint density at radius 3 is 2.70 bits per heavy atom. The van der Waals surface area contributed by atoms with Gasteiger partial charge in [-0.15, -0.1) is 0 Å². The second-order valence-electron chi connectivity index (χ2n) is 4.84. The number of anilines is 3. The van der Waals surface area contributed by atoms with E-state index in [9.17, 15) is 4.79 Å². The summed E-state index contributed by atoms with van der Waals surface area (Å²) in [5, 5.41) is 9.53. The number of nitrogens with zero attached hydrogens (tertiary/aromatic N) is 2.